The fourth-order valence-corrected chi connectivity index (χ4v) is 0.774. The zero-order valence-corrected chi connectivity index (χ0v) is 10.0. The molecule has 0 amide bonds. The molecule has 0 aromatic carbocycles. The monoisotopic (exact) mass is 271 g/mol. The molecule has 0 heterocycles. The summed E-state index contributed by atoms with van der Waals surface area (Å²) in [6.07, 6.45) is 3.87. The van der Waals surface area contributed by atoms with Crippen molar-refractivity contribution in [1.82, 2.24) is 0 Å². The molecule has 0 bridgehead atoms. The molecule has 0 aromatic heterocycles. The van der Waals surface area contributed by atoms with Crippen LogP contribution in [-0.2, 0) is 0 Å². The Morgan fingerprint density at radius 1 is 0.875 bits per heavy atom. The fraction of sp³-hybridized carbons (Fsp3) is 0.500. The van der Waals surface area contributed by atoms with Crippen molar-refractivity contribution in [3.63, 3.8) is 0 Å². The number of quaternary nitrogens is 1. The van der Waals surface area contributed by atoms with E-state index in [-0.39, 0.29) is 0 Å². The number of hydrogen-bond acceptors (Lipinski definition) is 0. The van der Waals surface area contributed by atoms with Gasteiger partial charge in [0.05, 0.1) is 27.2 Å². The molecule has 0 aliphatic carbocycles. The Bertz CT molecular complexity index is 228. The fourth-order valence-electron chi connectivity index (χ4n) is 0.774. The number of nitrogens with zero attached hydrogens (tertiary/aromatic N) is 1. The molecule has 8 heteroatoms. The van der Waals surface area contributed by atoms with E-state index in [2.05, 4.69) is 27.3 Å². The predicted molar refractivity (Wildman–Crippen MR) is 55.8 cm³/mol. The van der Waals surface area contributed by atoms with Gasteiger partial charge in [-0.1, -0.05) is 13.2 Å². The van der Waals surface area contributed by atoms with Crippen molar-refractivity contribution in [2.24, 2.45) is 0 Å². The Hall–Kier alpha value is -0.550. The molecule has 0 aromatic rings. The normalized spacial score (nSPS) is 16.2. The quantitative estimate of drug-likeness (QED) is 0.298. The molecule has 0 aliphatic heterocycles. The van der Waals surface area contributed by atoms with Gasteiger partial charge in [0.1, 0.15) is 0 Å². The van der Waals surface area contributed by atoms with E-state index >= 15 is 0 Å². The van der Waals surface area contributed by atoms with Gasteiger partial charge in [-0.2, -0.15) is 0 Å². The molecule has 0 spiro atoms. The molecule has 0 rings (SSSR count). The van der Waals surface area contributed by atoms with E-state index in [1.54, 1.807) is 0 Å². The van der Waals surface area contributed by atoms with Crippen molar-refractivity contribution in [2.75, 3.05) is 27.2 Å². The average Bonchev–Trinajstić information content (AvgIpc) is 1.77. The van der Waals surface area contributed by atoms with Crippen LogP contribution in [0.2, 0.25) is 0 Å². The first-order valence-electron chi connectivity index (χ1n) is 4.17. The van der Waals surface area contributed by atoms with Gasteiger partial charge in [0.15, 0.2) is 0 Å². The predicted octanol–water partition coefficient (Wildman–Crippen LogP) is 4.82. The molecule has 100 valence electrons. The van der Waals surface area contributed by atoms with Gasteiger partial charge in [-0.15, -0.1) is 0 Å². The van der Waals surface area contributed by atoms with Crippen LogP contribution >= 0.6 is 7.81 Å². The summed E-state index contributed by atoms with van der Waals surface area (Å²) in [4.78, 5) is 0. The summed E-state index contributed by atoms with van der Waals surface area (Å²) in [5, 5.41) is 0. The summed E-state index contributed by atoms with van der Waals surface area (Å²) in [6.45, 7) is 9.37. The van der Waals surface area contributed by atoms with Gasteiger partial charge in [-0.3, -0.25) is 0 Å². The third kappa shape index (κ3) is 37.6. The van der Waals surface area contributed by atoms with Gasteiger partial charge in [0, 0.05) is 0 Å². The topological polar surface area (TPSA) is 0 Å². The maximum atomic E-state index is 9.87. The van der Waals surface area contributed by atoms with Crippen LogP contribution in [0.1, 0.15) is 0 Å². The number of halogens is 6. The second-order valence-electron chi connectivity index (χ2n) is 3.84. The first-order chi connectivity index (χ1) is 6.57. The van der Waals surface area contributed by atoms with Gasteiger partial charge in [-0.05, 0) is 12.2 Å². The van der Waals surface area contributed by atoms with Gasteiger partial charge < -0.3 is 4.48 Å². The minimum absolute atomic E-state index is 0.951. The van der Waals surface area contributed by atoms with E-state index < -0.39 is 7.81 Å². The van der Waals surface area contributed by atoms with Crippen LogP contribution in [0.15, 0.2) is 25.3 Å². The van der Waals surface area contributed by atoms with Gasteiger partial charge in [0.2, 0.25) is 0 Å². The Balaban J connectivity index is 0. The van der Waals surface area contributed by atoms with Crippen LogP contribution in [0.4, 0.5) is 25.2 Å². The minimum atomic E-state index is -10.7. The van der Waals surface area contributed by atoms with E-state index in [9.17, 15) is 25.2 Å². The summed E-state index contributed by atoms with van der Waals surface area (Å²) >= 11 is 0. The van der Waals surface area contributed by atoms with E-state index in [0.717, 1.165) is 17.6 Å². The summed E-state index contributed by atoms with van der Waals surface area (Å²) in [5.74, 6) is 0. The van der Waals surface area contributed by atoms with E-state index in [4.69, 9.17) is 0 Å². The Morgan fingerprint density at radius 3 is 1.19 bits per heavy atom. The standard InChI is InChI=1S/C8H16N.F6P/c1-5-7-9(3,4)8-6-2;1-7(2,3,4,5)6/h5-6H,1-2,7-8H2,3-4H3;/q+1;-1. The molecule has 16 heavy (non-hydrogen) atoms. The molecule has 0 saturated carbocycles. The molecule has 0 saturated heterocycles. The van der Waals surface area contributed by atoms with Crippen molar-refractivity contribution < 1.29 is 29.7 Å². The molecule has 0 radical (unpaired) electrons. The number of likely N-dealkylation sites (N-methyl/N-ethyl adjacent to an activating group) is 1. The zero-order valence-electron chi connectivity index (χ0n) is 9.15. The van der Waals surface area contributed by atoms with Crippen molar-refractivity contribution in [3.8, 4) is 0 Å². The third-order valence-electron chi connectivity index (χ3n) is 1.25. The third-order valence-corrected chi connectivity index (χ3v) is 1.25. The van der Waals surface area contributed by atoms with Crippen LogP contribution < -0.4 is 0 Å². The Kier molecular flexibility index (Phi) is 4.87. The second kappa shape index (κ2) is 4.37. The van der Waals surface area contributed by atoms with Crippen molar-refractivity contribution >= 4 is 7.81 Å². The summed E-state index contributed by atoms with van der Waals surface area (Å²) < 4.78 is 60.1. The molecule has 1 nitrogen and oxygen atoms in total. The number of rotatable bonds is 4. The maximum absolute atomic E-state index is 10.7. The first-order valence-corrected chi connectivity index (χ1v) is 6.20. The van der Waals surface area contributed by atoms with Crippen LogP contribution in [0.25, 0.3) is 0 Å². The molecule has 0 aliphatic rings. The number of hydrogen-bond donors (Lipinski definition) is 0. The molecule has 0 atom stereocenters. The Labute approximate surface area is 90.9 Å². The van der Waals surface area contributed by atoms with E-state index in [1.807, 2.05) is 12.2 Å². The van der Waals surface area contributed by atoms with Gasteiger partial charge in [-0.25, -0.2) is 0 Å². The summed E-state index contributed by atoms with van der Waals surface area (Å²) in [6, 6.07) is 0. The van der Waals surface area contributed by atoms with Crippen LogP contribution in [0.5, 0.6) is 0 Å². The Morgan fingerprint density at radius 2 is 1.06 bits per heavy atom. The van der Waals surface area contributed by atoms with Gasteiger partial charge in [0.25, 0.3) is 0 Å². The zero-order chi connectivity index (χ0) is 13.7. The van der Waals surface area contributed by atoms with Gasteiger partial charge >= 0.3 is 33.0 Å². The molecule has 0 N–H and O–H groups in total. The second-order valence-corrected chi connectivity index (χ2v) is 5.75. The molecular formula is C8H16F6NP. The molecule has 0 fully saturated rings. The first kappa shape index (κ1) is 17.8. The summed E-state index contributed by atoms with van der Waals surface area (Å²) in [7, 11) is -6.35. The van der Waals surface area contributed by atoms with E-state index in [0.29, 0.717) is 0 Å². The molecule has 0 unspecified atom stereocenters. The SMILES string of the molecule is C=CC[N+](C)(C)CC=C.F[P-](F)(F)(F)(F)F. The van der Waals surface area contributed by atoms with E-state index in [1.165, 1.54) is 0 Å². The van der Waals surface area contributed by atoms with Crippen molar-refractivity contribution in [3.05, 3.63) is 25.3 Å². The average molecular weight is 271 g/mol. The van der Waals surface area contributed by atoms with Crippen molar-refractivity contribution in [1.29, 1.82) is 0 Å². The summed E-state index contributed by atoms with van der Waals surface area (Å²) in [5.41, 5.74) is 0. The van der Waals surface area contributed by atoms with Crippen LogP contribution in [0.3, 0.4) is 0 Å². The van der Waals surface area contributed by atoms with Crippen LogP contribution in [0, 0.1) is 0 Å². The van der Waals surface area contributed by atoms with Crippen LogP contribution in [-0.4, -0.2) is 31.7 Å². The van der Waals surface area contributed by atoms with Crippen molar-refractivity contribution in [2.45, 2.75) is 0 Å². The molecular weight excluding hydrogens is 255 g/mol.